The summed E-state index contributed by atoms with van der Waals surface area (Å²) in [7, 11) is -3.71. The summed E-state index contributed by atoms with van der Waals surface area (Å²) in [5.41, 5.74) is 1.22. The van der Waals surface area contributed by atoms with Gasteiger partial charge in [0, 0.05) is 40.6 Å². The predicted molar refractivity (Wildman–Crippen MR) is 126 cm³/mol. The van der Waals surface area contributed by atoms with Crippen LogP contribution in [0.15, 0.2) is 30.6 Å². The second-order valence-electron chi connectivity index (χ2n) is 7.87. The first-order chi connectivity index (χ1) is 15.0. The van der Waals surface area contributed by atoms with E-state index in [-0.39, 0.29) is 28.4 Å². The fourth-order valence-electron chi connectivity index (χ4n) is 2.98. The summed E-state index contributed by atoms with van der Waals surface area (Å²) >= 11 is 6.20. The molecular weight excluding hydrogens is 455 g/mol. The van der Waals surface area contributed by atoms with Gasteiger partial charge in [-0.25, -0.2) is 22.8 Å². The molecule has 3 aromatic rings. The maximum absolute atomic E-state index is 15.4. The third-order valence-corrected chi connectivity index (χ3v) is 5.58. The lowest BCUT2D eigenvalue weighted by molar-refractivity contribution is 0.533. The number of nitrogens with one attached hydrogen (secondary N) is 2. The van der Waals surface area contributed by atoms with Crippen molar-refractivity contribution in [3.05, 3.63) is 41.4 Å². The Kier molecular flexibility index (Phi) is 7.04. The fraction of sp³-hybridized carbons (Fsp3) is 0.381. The van der Waals surface area contributed by atoms with Gasteiger partial charge in [-0.1, -0.05) is 18.5 Å². The van der Waals surface area contributed by atoms with Crippen LogP contribution in [-0.2, 0) is 10.0 Å². The average Bonchev–Trinajstić information content (AvgIpc) is 3.15. The van der Waals surface area contributed by atoms with Crippen LogP contribution in [0.1, 0.15) is 40.2 Å². The summed E-state index contributed by atoms with van der Waals surface area (Å²) < 4.78 is 42.6. The molecule has 0 bridgehead atoms. The van der Waals surface area contributed by atoms with Gasteiger partial charge in [0.25, 0.3) is 0 Å². The van der Waals surface area contributed by atoms with Crippen LogP contribution in [0.2, 0.25) is 5.02 Å². The Morgan fingerprint density at radius 3 is 2.56 bits per heavy atom. The first-order valence-electron chi connectivity index (χ1n) is 10.1. The smallest absolute Gasteiger partial charge is 0.229 e. The highest BCUT2D eigenvalue weighted by molar-refractivity contribution is 7.92. The highest BCUT2D eigenvalue weighted by Crippen LogP contribution is 2.37. The first-order valence-corrected chi connectivity index (χ1v) is 12.4. The summed E-state index contributed by atoms with van der Waals surface area (Å²) in [5.74, 6) is -0.326. The van der Waals surface area contributed by atoms with Gasteiger partial charge in [-0.2, -0.15) is 5.10 Å². The Bertz CT molecular complexity index is 1230. The number of sulfonamides is 1. The van der Waals surface area contributed by atoms with Crippen LogP contribution in [0.3, 0.4) is 0 Å². The minimum atomic E-state index is -3.71. The van der Waals surface area contributed by atoms with Gasteiger partial charge in [0.1, 0.15) is 5.69 Å². The van der Waals surface area contributed by atoms with Gasteiger partial charge >= 0.3 is 0 Å². The molecule has 0 aliphatic carbocycles. The predicted octanol–water partition coefficient (Wildman–Crippen LogP) is 4.96. The summed E-state index contributed by atoms with van der Waals surface area (Å²) in [6.07, 6.45) is 5.24. The standard InChI is InChI=1S/C21H26ClFN6O2S/c1-6-13(4)25-21-24-8-7-17(26-21)16-11-29(12(2)3)27-20(16)15-9-14(22)10-18(19(15)23)28-32(5,30)31/h7-13,28H,6H2,1-5H3,(H,24,25,26). The van der Waals surface area contributed by atoms with E-state index in [9.17, 15) is 8.42 Å². The van der Waals surface area contributed by atoms with Crippen molar-refractivity contribution in [3.8, 4) is 22.5 Å². The van der Waals surface area contributed by atoms with Crippen LogP contribution in [0.5, 0.6) is 0 Å². The highest BCUT2D eigenvalue weighted by Gasteiger charge is 2.22. The molecule has 0 aliphatic heterocycles. The SMILES string of the molecule is CCC(C)Nc1nccc(-c2cn(C(C)C)nc2-c2cc(Cl)cc(NS(C)(=O)=O)c2F)n1. The van der Waals surface area contributed by atoms with Gasteiger partial charge in [0.2, 0.25) is 16.0 Å². The Labute approximate surface area is 192 Å². The minimum Gasteiger partial charge on any atom is -0.352 e. The lowest BCUT2D eigenvalue weighted by atomic mass is 10.0. The molecule has 0 spiro atoms. The van der Waals surface area contributed by atoms with Crippen LogP contribution in [-0.4, -0.2) is 40.5 Å². The van der Waals surface area contributed by atoms with E-state index in [1.54, 1.807) is 23.1 Å². The quantitative estimate of drug-likeness (QED) is 0.472. The molecule has 0 amide bonds. The number of hydrogen-bond donors (Lipinski definition) is 2. The van der Waals surface area contributed by atoms with Gasteiger partial charge in [-0.15, -0.1) is 0 Å². The molecule has 0 saturated heterocycles. The Morgan fingerprint density at radius 2 is 1.94 bits per heavy atom. The van der Waals surface area contributed by atoms with Crippen LogP contribution in [0.25, 0.3) is 22.5 Å². The van der Waals surface area contributed by atoms with Crippen LogP contribution >= 0.6 is 11.6 Å². The Hall–Kier alpha value is -2.72. The number of halogens is 2. The molecule has 1 aromatic carbocycles. The lowest BCUT2D eigenvalue weighted by Crippen LogP contribution is -2.15. The third kappa shape index (κ3) is 5.55. The molecule has 3 rings (SSSR count). The molecule has 32 heavy (non-hydrogen) atoms. The number of nitrogens with zero attached hydrogens (tertiary/aromatic N) is 4. The van der Waals surface area contributed by atoms with E-state index in [2.05, 4.69) is 32.0 Å². The Morgan fingerprint density at radius 1 is 1.22 bits per heavy atom. The first kappa shape index (κ1) is 23.9. The highest BCUT2D eigenvalue weighted by atomic mass is 35.5. The van der Waals surface area contributed by atoms with E-state index in [4.69, 9.17) is 11.6 Å². The number of aromatic nitrogens is 4. The van der Waals surface area contributed by atoms with Gasteiger partial charge < -0.3 is 5.32 Å². The maximum Gasteiger partial charge on any atom is 0.229 e. The van der Waals surface area contributed by atoms with Gasteiger partial charge in [-0.3, -0.25) is 9.40 Å². The molecule has 0 saturated carbocycles. The van der Waals surface area contributed by atoms with E-state index in [0.717, 1.165) is 12.7 Å². The van der Waals surface area contributed by atoms with Crippen LogP contribution < -0.4 is 10.0 Å². The van der Waals surface area contributed by atoms with Crippen LogP contribution in [0.4, 0.5) is 16.0 Å². The van der Waals surface area contributed by atoms with E-state index in [1.807, 2.05) is 20.8 Å². The van der Waals surface area contributed by atoms with Crippen molar-refractivity contribution in [3.63, 3.8) is 0 Å². The van der Waals surface area contributed by atoms with Crippen molar-refractivity contribution in [2.45, 2.75) is 46.2 Å². The molecule has 172 valence electrons. The fourth-order valence-corrected chi connectivity index (χ4v) is 3.75. The summed E-state index contributed by atoms with van der Waals surface area (Å²) in [6, 6.07) is 4.53. The second kappa shape index (κ2) is 9.41. The normalized spacial score (nSPS) is 12.8. The molecule has 2 aromatic heterocycles. The molecule has 11 heteroatoms. The zero-order valence-corrected chi connectivity index (χ0v) is 20.1. The molecule has 0 fully saturated rings. The third-order valence-electron chi connectivity index (χ3n) is 4.77. The van der Waals surface area contributed by atoms with Crippen molar-refractivity contribution in [2.75, 3.05) is 16.3 Å². The van der Waals surface area contributed by atoms with Crippen molar-refractivity contribution in [1.29, 1.82) is 0 Å². The number of benzene rings is 1. The van der Waals surface area contributed by atoms with Crippen LogP contribution in [0, 0.1) is 5.82 Å². The van der Waals surface area contributed by atoms with Crippen molar-refractivity contribution in [1.82, 2.24) is 19.7 Å². The number of rotatable bonds is 8. The molecular formula is C21H26ClFN6O2S. The van der Waals surface area contributed by atoms with Gasteiger partial charge in [0.15, 0.2) is 5.82 Å². The van der Waals surface area contributed by atoms with Crippen molar-refractivity contribution in [2.24, 2.45) is 0 Å². The second-order valence-corrected chi connectivity index (χ2v) is 10.1. The largest absolute Gasteiger partial charge is 0.352 e. The molecule has 0 aliphatic rings. The molecule has 2 heterocycles. The van der Waals surface area contributed by atoms with E-state index in [1.165, 1.54) is 12.1 Å². The van der Waals surface area contributed by atoms with Crippen molar-refractivity contribution < 1.29 is 12.8 Å². The Balaban J connectivity index is 2.19. The van der Waals surface area contributed by atoms with Crippen molar-refractivity contribution >= 4 is 33.3 Å². The monoisotopic (exact) mass is 480 g/mol. The van der Waals surface area contributed by atoms with E-state index >= 15 is 4.39 Å². The molecule has 2 N–H and O–H groups in total. The number of hydrogen-bond acceptors (Lipinski definition) is 6. The van der Waals surface area contributed by atoms with E-state index in [0.29, 0.717) is 22.9 Å². The summed E-state index contributed by atoms with van der Waals surface area (Å²) in [4.78, 5) is 8.84. The lowest BCUT2D eigenvalue weighted by Gasteiger charge is -2.12. The topological polar surface area (TPSA) is 102 Å². The zero-order valence-electron chi connectivity index (χ0n) is 18.5. The molecule has 0 radical (unpaired) electrons. The van der Waals surface area contributed by atoms with E-state index < -0.39 is 15.8 Å². The van der Waals surface area contributed by atoms with Gasteiger partial charge in [-0.05, 0) is 45.4 Å². The number of anilines is 2. The van der Waals surface area contributed by atoms with Gasteiger partial charge in [0.05, 0.1) is 17.6 Å². The molecule has 1 unspecified atom stereocenters. The summed E-state index contributed by atoms with van der Waals surface area (Å²) in [5, 5.41) is 7.95. The minimum absolute atomic E-state index is 0.00194. The zero-order chi connectivity index (χ0) is 23.6. The maximum atomic E-state index is 15.4. The molecule has 1 atom stereocenters. The average molecular weight is 481 g/mol. The molecule has 8 nitrogen and oxygen atoms in total. The summed E-state index contributed by atoms with van der Waals surface area (Å²) in [6.45, 7) is 7.97.